The molecule has 0 aliphatic heterocycles. The molecular weight excluding hydrogens is 256 g/mol. The number of carbonyl (C=O) groups excluding carboxylic acids is 1. The summed E-state index contributed by atoms with van der Waals surface area (Å²) in [6, 6.07) is -0.442. The van der Waals surface area contributed by atoms with Crippen LogP contribution < -0.4 is 10.6 Å². The van der Waals surface area contributed by atoms with Gasteiger partial charge in [-0.05, 0) is 26.2 Å². The van der Waals surface area contributed by atoms with Crippen LogP contribution in [0.2, 0.25) is 0 Å². The summed E-state index contributed by atoms with van der Waals surface area (Å²) in [5, 5.41) is 14.6. The Morgan fingerprint density at radius 3 is 2.78 bits per heavy atom. The fraction of sp³-hybridized carbons (Fsp3) is 0.600. The van der Waals surface area contributed by atoms with Gasteiger partial charge >= 0.3 is 12.0 Å². The van der Waals surface area contributed by atoms with Crippen LogP contribution in [0, 0.1) is 12.8 Å². The first-order chi connectivity index (χ1) is 8.54. The maximum Gasteiger partial charge on any atom is 0.321 e. The van der Waals surface area contributed by atoms with Gasteiger partial charge in [-0.15, -0.1) is 0 Å². The second kappa shape index (κ2) is 5.30. The number of aliphatic carboxylic acids is 1. The third-order valence-electron chi connectivity index (χ3n) is 2.87. The maximum absolute atomic E-state index is 11.6. The minimum absolute atomic E-state index is 0.0832. The molecule has 1 saturated carbocycles. The van der Waals surface area contributed by atoms with Crippen LogP contribution in [0.3, 0.4) is 0 Å². The lowest BCUT2D eigenvalue weighted by Gasteiger charge is -2.11. The summed E-state index contributed by atoms with van der Waals surface area (Å²) in [6.45, 7) is 1.74. The van der Waals surface area contributed by atoms with E-state index in [0.717, 1.165) is 11.5 Å². The van der Waals surface area contributed by atoms with Crippen molar-refractivity contribution in [3.05, 3.63) is 5.82 Å². The first-order valence-electron chi connectivity index (χ1n) is 5.65. The zero-order valence-electron chi connectivity index (χ0n) is 9.84. The van der Waals surface area contributed by atoms with Crippen LogP contribution in [0.5, 0.6) is 0 Å². The number of aryl methyl sites for hydroxylation is 1. The van der Waals surface area contributed by atoms with Crippen molar-refractivity contribution in [1.29, 1.82) is 0 Å². The number of amides is 2. The predicted molar refractivity (Wildman–Crippen MR) is 65.6 cm³/mol. The number of anilines is 1. The Hall–Kier alpha value is -1.70. The van der Waals surface area contributed by atoms with Gasteiger partial charge in [-0.25, -0.2) is 9.78 Å². The van der Waals surface area contributed by atoms with Gasteiger partial charge in [0, 0.05) is 17.6 Å². The number of nitrogens with one attached hydrogen (secondary N) is 2. The fourth-order valence-electron chi connectivity index (χ4n) is 2.00. The number of rotatable bonds is 3. The molecule has 0 aromatic carbocycles. The Morgan fingerprint density at radius 1 is 1.44 bits per heavy atom. The number of nitrogens with zero attached hydrogens (tertiary/aromatic N) is 2. The van der Waals surface area contributed by atoms with E-state index in [9.17, 15) is 9.59 Å². The normalized spacial score (nSPS) is 22.7. The van der Waals surface area contributed by atoms with Crippen molar-refractivity contribution >= 4 is 28.7 Å². The molecule has 1 heterocycles. The molecule has 0 saturated heterocycles. The summed E-state index contributed by atoms with van der Waals surface area (Å²) in [6.07, 6.45) is 1.79. The van der Waals surface area contributed by atoms with Gasteiger partial charge in [-0.3, -0.25) is 10.1 Å². The van der Waals surface area contributed by atoms with Crippen LogP contribution >= 0.6 is 11.5 Å². The number of hydrogen-bond acceptors (Lipinski definition) is 5. The molecular formula is C10H14N4O3S. The number of carbonyl (C=O) groups is 2. The topological polar surface area (TPSA) is 104 Å². The SMILES string of the molecule is Cc1nsc(NC(=O)N[C@H]2CC[C@@H](C(=O)O)C2)n1. The summed E-state index contributed by atoms with van der Waals surface area (Å²) in [4.78, 5) is 26.4. The minimum atomic E-state index is -0.792. The first-order valence-corrected chi connectivity index (χ1v) is 6.42. The Morgan fingerprint density at radius 2 is 2.22 bits per heavy atom. The van der Waals surface area contributed by atoms with Crippen molar-refractivity contribution in [2.45, 2.75) is 32.2 Å². The highest BCUT2D eigenvalue weighted by Crippen LogP contribution is 2.25. The van der Waals surface area contributed by atoms with Crippen molar-refractivity contribution < 1.29 is 14.7 Å². The molecule has 1 fully saturated rings. The van der Waals surface area contributed by atoms with E-state index >= 15 is 0 Å². The number of aromatic nitrogens is 2. The zero-order chi connectivity index (χ0) is 13.1. The summed E-state index contributed by atoms with van der Waals surface area (Å²) in [5.74, 6) is -0.527. The second-order valence-corrected chi connectivity index (χ2v) is 5.04. The molecule has 98 valence electrons. The Bertz CT molecular complexity index is 462. The Kier molecular flexibility index (Phi) is 3.75. The molecule has 2 amide bonds. The maximum atomic E-state index is 11.6. The molecule has 0 spiro atoms. The van der Waals surface area contributed by atoms with Crippen LogP contribution in [0.25, 0.3) is 0 Å². The minimum Gasteiger partial charge on any atom is -0.481 e. The average molecular weight is 270 g/mol. The first kappa shape index (κ1) is 12.7. The molecule has 1 aliphatic rings. The molecule has 3 N–H and O–H groups in total. The third-order valence-corrected chi connectivity index (χ3v) is 3.59. The Labute approximate surface area is 108 Å². The molecule has 1 aliphatic carbocycles. The van der Waals surface area contributed by atoms with E-state index in [0.29, 0.717) is 30.2 Å². The molecule has 18 heavy (non-hydrogen) atoms. The van der Waals surface area contributed by atoms with Crippen molar-refractivity contribution in [3.63, 3.8) is 0 Å². The summed E-state index contributed by atoms with van der Waals surface area (Å²) in [7, 11) is 0. The van der Waals surface area contributed by atoms with E-state index in [4.69, 9.17) is 5.11 Å². The van der Waals surface area contributed by atoms with Crippen LogP contribution in [0.4, 0.5) is 9.93 Å². The van der Waals surface area contributed by atoms with E-state index in [2.05, 4.69) is 20.0 Å². The van der Waals surface area contributed by atoms with Gasteiger partial charge in [-0.1, -0.05) is 0 Å². The summed E-state index contributed by atoms with van der Waals surface area (Å²) < 4.78 is 3.95. The van der Waals surface area contributed by atoms with Crippen molar-refractivity contribution in [2.75, 3.05) is 5.32 Å². The lowest BCUT2D eigenvalue weighted by Crippen LogP contribution is -2.36. The number of carboxylic acid groups (broad SMARTS) is 1. The molecule has 0 bridgehead atoms. The molecule has 2 atom stereocenters. The third kappa shape index (κ3) is 3.16. The molecule has 0 unspecified atom stereocenters. The largest absolute Gasteiger partial charge is 0.481 e. The highest BCUT2D eigenvalue weighted by Gasteiger charge is 2.30. The zero-order valence-corrected chi connectivity index (χ0v) is 10.7. The smallest absolute Gasteiger partial charge is 0.321 e. The number of hydrogen-bond donors (Lipinski definition) is 3. The lowest BCUT2D eigenvalue weighted by atomic mass is 10.1. The van der Waals surface area contributed by atoms with Crippen LogP contribution in [-0.4, -0.2) is 32.5 Å². The molecule has 0 radical (unpaired) electrons. The van der Waals surface area contributed by atoms with Crippen molar-refractivity contribution in [3.8, 4) is 0 Å². The molecule has 1 aromatic rings. The summed E-state index contributed by atoms with van der Waals surface area (Å²) in [5.41, 5.74) is 0. The van der Waals surface area contributed by atoms with Crippen LogP contribution in [0.1, 0.15) is 25.1 Å². The quantitative estimate of drug-likeness (QED) is 0.766. The summed E-state index contributed by atoms with van der Waals surface area (Å²) >= 11 is 1.11. The lowest BCUT2D eigenvalue weighted by molar-refractivity contribution is -0.141. The van der Waals surface area contributed by atoms with E-state index in [-0.39, 0.29) is 18.0 Å². The van der Waals surface area contributed by atoms with Crippen molar-refractivity contribution in [2.24, 2.45) is 5.92 Å². The molecule has 2 rings (SSSR count). The van der Waals surface area contributed by atoms with E-state index in [1.807, 2.05) is 0 Å². The molecule has 7 nitrogen and oxygen atoms in total. The average Bonchev–Trinajstić information content (AvgIpc) is 2.88. The predicted octanol–water partition coefficient (Wildman–Crippen LogP) is 1.22. The van der Waals surface area contributed by atoms with Gasteiger partial charge in [0.05, 0.1) is 5.92 Å². The van der Waals surface area contributed by atoms with Gasteiger partial charge in [0.15, 0.2) is 0 Å². The van der Waals surface area contributed by atoms with Gasteiger partial charge in [0.2, 0.25) is 5.13 Å². The molecule has 1 aromatic heterocycles. The number of carboxylic acids is 1. The van der Waals surface area contributed by atoms with Gasteiger partial charge < -0.3 is 10.4 Å². The monoisotopic (exact) mass is 270 g/mol. The van der Waals surface area contributed by atoms with Gasteiger partial charge in [0.1, 0.15) is 5.82 Å². The highest BCUT2D eigenvalue weighted by molar-refractivity contribution is 7.09. The van der Waals surface area contributed by atoms with Gasteiger partial charge in [0.25, 0.3) is 0 Å². The van der Waals surface area contributed by atoms with E-state index < -0.39 is 5.97 Å². The number of urea groups is 1. The van der Waals surface area contributed by atoms with Gasteiger partial charge in [-0.2, -0.15) is 4.37 Å². The van der Waals surface area contributed by atoms with Crippen molar-refractivity contribution in [1.82, 2.24) is 14.7 Å². The standard InChI is InChI=1S/C10H14N4O3S/c1-5-11-10(18-14-5)13-9(17)12-7-3-2-6(4-7)8(15)16/h6-7H,2-4H2,1H3,(H,15,16)(H2,11,12,13,14,17)/t6-,7+/m1/s1. The van der Waals surface area contributed by atoms with Crippen LogP contribution in [0.15, 0.2) is 0 Å². The Balaban J connectivity index is 1.80. The highest BCUT2D eigenvalue weighted by atomic mass is 32.1. The van der Waals surface area contributed by atoms with Crippen LogP contribution in [-0.2, 0) is 4.79 Å². The van der Waals surface area contributed by atoms with E-state index in [1.54, 1.807) is 6.92 Å². The molecule has 8 heteroatoms. The second-order valence-electron chi connectivity index (χ2n) is 4.29. The van der Waals surface area contributed by atoms with E-state index in [1.165, 1.54) is 0 Å². The fourth-order valence-corrected chi connectivity index (χ4v) is 2.57.